The summed E-state index contributed by atoms with van der Waals surface area (Å²) in [6.45, 7) is 0.754. The molecule has 4 N–H and O–H groups in total. The van der Waals surface area contributed by atoms with Crippen LogP contribution in [0.2, 0.25) is 0 Å². The summed E-state index contributed by atoms with van der Waals surface area (Å²) < 4.78 is 43.5. The van der Waals surface area contributed by atoms with Gasteiger partial charge in [0.05, 0.1) is 17.9 Å². The predicted molar refractivity (Wildman–Crippen MR) is 106 cm³/mol. The van der Waals surface area contributed by atoms with Gasteiger partial charge in [-0.15, -0.1) is 0 Å². The van der Waals surface area contributed by atoms with Crippen LogP contribution in [0.1, 0.15) is 36.8 Å². The fourth-order valence-electron chi connectivity index (χ4n) is 2.44. The van der Waals surface area contributed by atoms with Crippen LogP contribution in [-0.2, 0) is 25.3 Å². The van der Waals surface area contributed by atoms with E-state index in [9.17, 15) is 22.8 Å². The topological polar surface area (TPSA) is 131 Å². The van der Waals surface area contributed by atoms with Crippen LogP contribution in [0.4, 0.5) is 13.2 Å². The number of ether oxygens (including phenoxy) is 1. The quantitative estimate of drug-likeness (QED) is 0.173. The van der Waals surface area contributed by atoms with Crippen LogP contribution in [0.3, 0.4) is 0 Å². The normalized spacial score (nSPS) is 12.6. The van der Waals surface area contributed by atoms with E-state index in [-0.39, 0.29) is 31.8 Å². The van der Waals surface area contributed by atoms with Crippen molar-refractivity contribution in [1.29, 1.82) is 0 Å². The Hall–Kier alpha value is -2.92. The molecule has 0 heterocycles. The molecule has 0 radical (unpaired) electrons. The molecule has 1 aromatic carbocycles. The molecule has 8 nitrogen and oxygen atoms in total. The number of rotatable bonds is 14. The molecule has 31 heavy (non-hydrogen) atoms. The zero-order chi connectivity index (χ0) is 23.3. The molecule has 1 aromatic rings. The molecule has 0 spiro atoms. The molecule has 11 heteroatoms. The lowest BCUT2D eigenvalue weighted by atomic mass is 10.0. The molecule has 0 saturated carbocycles. The Labute approximate surface area is 177 Å². The molecular formula is C20H25F3N2O6. The van der Waals surface area contributed by atoms with Crippen molar-refractivity contribution in [2.75, 3.05) is 26.4 Å². The van der Waals surface area contributed by atoms with Crippen molar-refractivity contribution in [3.63, 3.8) is 0 Å². The minimum atomic E-state index is -4.43. The smallest absolute Gasteiger partial charge is 0.416 e. The summed E-state index contributed by atoms with van der Waals surface area (Å²) in [6.07, 6.45) is -2.28. The van der Waals surface area contributed by atoms with Crippen LogP contribution in [0.15, 0.2) is 41.1 Å². The summed E-state index contributed by atoms with van der Waals surface area (Å²) >= 11 is 0. The SMILES string of the molecule is NCCON=C(CCCCOCCC(=CC(=O)O)C(=O)O)c1ccc(C(F)(F)F)cc1. The van der Waals surface area contributed by atoms with E-state index in [4.69, 9.17) is 25.5 Å². The van der Waals surface area contributed by atoms with Gasteiger partial charge in [-0.1, -0.05) is 17.3 Å². The van der Waals surface area contributed by atoms with Crippen LogP contribution in [0.25, 0.3) is 0 Å². The lowest BCUT2D eigenvalue weighted by Gasteiger charge is -2.10. The maximum Gasteiger partial charge on any atom is 0.416 e. The lowest BCUT2D eigenvalue weighted by molar-refractivity contribution is -0.137. The van der Waals surface area contributed by atoms with Gasteiger partial charge in [-0.05, 0) is 37.0 Å². The molecule has 0 aliphatic rings. The number of nitrogens with two attached hydrogens (primary N) is 1. The Morgan fingerprint density at radius 1 is 1.03 bits per heavy atom. The highest BCUT2D eigenvalue weighted by Gasteiger charge is 2.30. The minimum Gasteiger partial charge on any atom is -0.478 e. The number of carboxylic acid groups (broad SMARTS) is 2. The first-order valence-corrected chi connectivity index (χ1v) is 9.46. The largest absolute Gasteiger partial charge is 0.478 e. The van der Waals surface area contributed by atoms with Crippen LogP contribution in [-0.4, -0.2) is 54.2 Å². The Morgan fingerprint density at radius 2 is 1.71 bits per heavy atom. The second kappa shape index (κ2) is 13.4. The summed E-state index contributed by atoms with van der Waals surface area (Å²) in [5.41, 5.74) is 5.29. The average molecular weight is 446 g/mol. The van der Waals surface area contributed by atoms with Crippen molar-refractivity contribution in [2.24, 2.45) is 10.9 Å². The maximum absolute atomic E-state index is 12.7. The first-order chi connectivity index (χ1) is 14.6. The van der Waals surface area contributed by atoms with Gasteiger partial charge in [0.1, 0.15) is 6.61 Å². The number of alkyl halides is 3. The number of oxime groups is 1. The number of halogens is 3. The van der Waals surface area contributed by atoms with Gasteiger partial charge in [0.15, 0.2) is 0 Å². The van der Waals surface area contributed by atoms with Crippen LogP contribution < -0.4 is 5.73 Å². The number of nitrogens with zero attached hydrogens (tertiary/aromatic N) is 1. The van der Waals surface area contributed by atoms with Crippen molar-refractivity contribution < 1.29 is 42.5 Å². The molecule has 0 aliphatic carbocycles. The highest BCUT2D eigenvalue weighted by molar-refractivity contribution is 6.00. The van der Waals surface area contributed by atoms with Gasteiger partial charge in [0.25, 0.3) is 0 Å². The van der Waals surface area contributed by atoms with E-state index >= 15 is 0 Å². The van der Waals surface area contributed by atoms with E-state index in [0.29, 0.717) is 43.2 Å². The predicted octanol–water partition coefficient (Wildman–Crippen LogP) is 3.06. The Kier molecular flexibility index (Phi) is 11.3. The third kappa shape index (κ3) is 10.6. The fourth-order valence-corrected chi connectivity index (χ4v) is 2.44. The van der Waals surface area contributed by atoms with Gasteiger partial charge in [-0.2, -0.15) is 13.2 Å². The molecule has 0 fully saturated rings. The zero-order valence-electron chi connectivity index (χ0n) is 16.7. The second-order valence-corrected chi connectivity index (χ2v) is 6.37. The molecule has 0 aliphatic heterocycles. The molecule has 0 unspecified atom stereocenters. The van der Waals surface area contributed by atoms with Crippen LogP contribution >= 0.6 is 0 Å². The first kappa shape index (κ1) is 26.1. The highest BCUT2D eigenvalue weighted by Crippen LogP contribution is 2.29. The summed E-state index contributed by atoms with van der Waals surface area (Å²) in [5.74, 6) is -2.66. The van der Waals surface area contributed by atoms with Gasteiger partial charge >= 0.3 is 18.1 Å². The Balaban J connectivity index is 2.53. The summed E-state index contributed by atoms with van der Waals surface area (Å²) in [6, 6.07) is 4.60. The number of benzene rings is 1. The van der Waals surface area contributed by atoms with Crippen molar-refractivity contribution in [3.8, 4) is 0 Å². The van der Waals surface area contributed by atoms with E-state index in [2.05, 4.69) is 5.16 Å². The number of carboxylic acids is 2. The average Bonchev–Trinajstić information content (AvgIpc) is 2.70. The number of carbonyl (C=O) groups is 2. The summed E-state index contributed by atoms with van der Waals surface area (Å²) in [4.78, 5) is 26.6. The van der Waals surface area contributed by atoms with Gasteiger partial charge in [-0.3, -0.25) is 0 Å². The van der Waals surface area contributed by atoms with Crippen LogP contribution in [0, 0.1) is 0 Å². The summed E-state index contributed by atoms with van der Waals surface area (Å²) in [7, 11) is 0. The van der Waals surface area contributed by atoms with E-state index in [1.807, 2.05) is 0 Å². The number of unbranched alkanes of at least 4 members (excludes halogenated alkanes) is 1. The number of aliphatic carboxylic acids is 2. The summed E-state index contributed by atoms with van der Waals surface area (Å²) in [5, 5.41) is 21.5. The molecular weight excluding hydrogens is 421 g/mol. The van der Waals surface area contributed by atoms with Crippen molar-refractivity contribution >= 4 is 17.7 Å². The minimum absolute atomic E-state index is 0.0465. The number of hydrogen-bond acceptors (Lipinski definition) is 6. The van der Waals surface area contributed by atoms with Gasteiger partial charge in [-0.25, -0.2) is 9.59 Å². The maximum atomic E-state index is 12.7. The van der Waals surface area contributed by atoms with Crippen LogP contribution in [0.5, 0.6) is 0 Å². The molecule has 0 atom stereocenters. The highest BCUT2D eigenvalue weighted by atomic mass is 19.4. The Morgan fingerprint density at radius 3 is 2.26 bits per heavy atom. The van der Waals surface area contributed by atoms with E-state index < -0.39 is 23.7 Å². The molecule has 1 rings (SSSR count). The molecule has 0 amide bonds. The van der Waals surface area contributed by atoms with E-state index in [0.717, 1.165) is 12.1 Å². The van der Waals surface area contributed by atoms with Gasteiger partial charge in [0, 0.05) is 31.2 Å². The third-order valence-electron chi connectivity index (χ3n) is 3.97. The monoisotopic (exact) mass is 446 g/mol. The molecule has 0 bridgehead atoms. The lowest BCUT2D eigenvalue weighted by Crippen LogP contribution is -2.10. The molecule has 0 aromatic heterocycles. The number of hydrogen-bond donors (Lipinski definition) is 3. The third-order valence-corrected chi connectivity index (χ3v) is 3.97. The standard InChI is InChI=1S/C20H25F3N2O6/c21-20(22,23)16-6-4-14(5-7-16)17(25-31-12-9-24)3-1-2-10-30-11-8-15(19(28)29)13-18(26)27/h4-7,13H,1-3,8-12,24H2,(H,26,27)(H,28,29). The Bertz CT molecular complexity index is 776. The van der Waals surface area contributed by atoms with E-state index in [1.54, 1.807) is 0 Å². The molecule has 172 valence electrons. The van der Waals surface area contributed by atoms with Crippen molar-refractivity contribution in [3.05, 3.63) is 47.0 Å². The van der Waals surface area contributed by atoms with E-state index in [1.165, 1.54) is 12.1 Å². The molecule has 0 saturated heterocycles. The second-order valence-electron chi connectivity index (χ2n) is 6.37. The van der Waals surface area contributed by atoms with Gasteiger partial charge < -0.3 is 25.5 Å². The fraction of sp³-hybridized carbons (Fsp3) is 0.450. The zero-order valence-corrected chi connectivity index (χ0v) is 16.7. The van der Waals surface area contributed by atoms with Gasteiger partial charge in [0.2, 0.25) is 0 Å². The van der Waals surface area contributed by atoms with Crippen molar-refractivity contribution in [1.82, 2.24) is 0 Å². The first-order valence-electron chi connectivity index (χ1n) is 9.46. The van der Waals surface area contributed by atoms with Crippen molar-refractivity contribution in [2.45, 2.75) is 31.9 Å².